The second kappa shape index (κ2) is 6.41. The summed E-state index contributed by atoms with van der Waals surface area (Å²) in [6.45, 7) is 6.98. The molecule has 2 aromatic rings. The minimum absolute atomic E-state index is 0.330. The third-order valence-corrected chi connectivity index (χ3v) is 3.93. The molecule has 0 spiro atoms. The molecule has 110 valence electrons. The largest absolute Gasteiger partial charge is 0.354 e. The van der Waals surface area contributed by atoms with Crippen molar-refractivity contribution < 1.29 is 0 Å². The Morgan fingerprint density at radius 1 is 1.05 bits per heavy atom. The van der Waals surface area contributed by atoms with Gasteiger partial charge in [0.1, 0.15) is 5.82 Å². The number of aromatic nitrogens is 2. The van der Waals surface area contributed by atoms with Crippen molar-refractivity contribution in [1.29, 1.82) is 0 Å². The number of halogens is 1. The number of benzene rings is 1. The van der Waals surface area contributed by atoms with Gasteiger partial charge in [-0.25, -0.2) is 9.97 Å². The third kappa shape index (κ3) is 3.71. The monoisotopic (exact) mass is 302 g/mol. The predicted molar refractivity (Wildman–Crippen MR) is 85.7 cm³/mol. The van der Waals surface area contributed by atoms with E-state index in [4.69, 9.17) is 11.6 Å². The molecule has 0 N–H and O–H groups in total. The van der Waals surface area contributed by atoms with Crippen molar-refractivity contribution in [3.05, 3.63) is 52.9 Å². The molecule has 2 heterocycles. The molecule has 4 nitrogen and oxygen atoms in total. The molecule has 0 saturated carbocycles. The maximum absolute atomic E-state index is 5.95. The van der Waals surface area contributed by atoms with Crippen LogP contribution in [0.25, 0.3) is 0 Å². The Morgan fingerprint density at radius 3 is 2.43 bits per heavy atom. The maximum Gasteiger partial charge on any atom is 0.224 e. The highest BCUT2D eigenvalue weighted by Crippen LogP contribution is 2.17. The van der Waals surface area contributed by atoms with Crippen molar-refractivity contribution >= 4 is 17.4 Å². The van der Waals surface area contributed by atoms with E-state index in [1.165, 1.54) is 5.56 Å². The molecule has 0 unspecified atom stereocenters. The number of hydrogen-bond acceptors (Lipinski definition) is 4. The van der Waals surface area contributed by atoms with Crippen molar-refractivity contribution in [2.45, 2.75) is 13.5 Å². The Labute approximate surface area is 130 Å². The number of nitrogens with zero attached hydrogens (tertiary/aromatic N) is 4. The highest BCUT2D eigenvalue weighted by Gasteiger charge is 2.18. The standard InChI is InChI=1S/C16H19ClN4/c1-13-11-15(19-16(17)18-13)21-9-7-20(8-10-21)12-14-5-3-2-4-6-14/h2-6,11H,7-10,12H2,1H3. The van der Waals surface area contributed by atoms with Crippen LogP contribution >= 0.6 is 11.6 Å². The molecular weight excluding hydrogens is 284 g/mol. The van der Waals surface area contributed by atoms with Crippen molar-refractivity contribution in [2.75, 3.05) is 31.1 Å². The van der Waals surface area contributed by atoms with E-state index in [1.54, 1.807) is 0 Å². The molecule has 3 rings (SSSR count). The van der Waals surface area contributed by atoms with E-state index in [2.05, 4.69) is 50.1 Å². The van der Waals surface area contributed by atoms with Crippen LogP contribution in [0.1, 0.15) is 11.3 Å². The molecule has 0 atom stereocenters. The van der Waals surface area contributed by atoms with Gasteiger partial charge in [-0.3, -0.25) is 4.90 Å². The van der Waals surface area contributed by atoms with Crippen molar-refractivity contribution in [3.63, 3.8) is 0 Å². The quantitative estimate of drug-likeness (QED) is 0.816. The van der Waals surface area contributed by atoms with Gasteiger partial charge >= 0.3 is 0 Å². The molecule has 1 aromatic heterocycles. The summed E-state index contributed by atoms with van der Waals surface area (Å²) in [5, 5.41) is 0.330. The van der Waals surface area contributed by atoms with E-state index in [0.717, 1.165) is 44.2 Å². The van der Waals surface area contributed by atoms with Gasteiger partial charge in [0.05, 0.1) is 0 Å². The summed E-state index contributed by atoms with van der Waals surface area (Å²) in [6.07, 6.45) is 0. The van der Waals surface area contributed by atoms with Gasteiger partial charge in [0, 0.05) is 44.5 Å². The highest BCUT2D eigenvalue weighted by atomic mass is 35.5. The van der Waals surface area contributed by atoms with Crippen LogP contribution in [0.5, 0.6) is 0 Å². The molecule has 0 aliphatic carbocycles. The van der Waals surface area contributed by atoms with Gasteiger partial charge in [0.15, 0.2) is 0 Å². The molecule has 0 amide bonds. The number of piperazine rings is 1. The smallest absolute Gasteiger partial charge is 0.224 e. The summed E-state index contributed by atoms with van der Waals surface area (Å²) >= 11 is 5.95. The first kappa shape index (κ1) is 14.3. The van der Waals surface area contributed by atoms with Crippen LogP contribution in [-0.4, -0.2) is 41.0 Å². The Morgan fingerprint density at radius 2 is 1.76 bits per heavy atom. The Bertz CT molecular complexity index is 574. The van der Waals surface area contributed by atoms with E-state index >= 15 is 0 Å². The Balaban J connectivity index is 1.60. The fraction of sp³-hybridized carbons (Fsp3) is 0.375. The van der Waals surface area contributed by atoms with E-state index < -0.39 is 0 Å². The molecule has 1 aliphatic heterocycles. The summed E-state index contributed by atoms with van der Waals surface area (Å²) in [4.78, 5) is 13.2. The van der Waals surface area contributed by atoms with E-state index in [1.807, 2.05) is 13.0 Å². The molecule has 21 heavy (non-hydrogen) atoms. The Hall–Kier alpha value is -1.65. The summed E-state index contributed by atoms with van der Waals surface area (Å²) < 4.78 is 0. The first-order valence-electron chi connectivity index (χ1n) is 7.23. The van der Waals surface area contributed by atoms with E-state index in [-0.39, 0.29) is 0 Å². The molecule has 1 aromatic carbocycles. The predicted octanol–water partition coefficient (Wildman–Crippen LogP) is 2.76. The summed E-state index contributed by atoms with van der Waals surface area (Å²) in [6, 6.07) is 12.6. The number of anilines is 1. The van der Waals surface area contributed by atoms with Crippen LogP contribution in [0.15, 0.2) is 36.4 Å². The molecule has 0 bridgehead atoms. The van der Waals surface area contributed by atoms with Gasteiger partial charge in [-0.05, 0) is 24.1 Å². The second-order valence-electron chi connectivity index (χ2n) is 5.39. The molecule has 1 aliphatic rings. The Kier molecular flexibility index (Phi) is 4.36. The van der Waals surface area contributed by atoms with Crippen molar-refractivity contribution in [1.82, 2.24) is 14.9 Å². The molecule has 1 fully saturated rings. The van der Waals surface area contributed by atoms with Gasteiger partial charge in [0.25, 0.3) is 0 Å². The zero-order chi connectivity index (χ0) is 14.7. The number of hydrogen-bond donors (Lipinski definition) is 0. The zero-order valence-corrected chi connectivity index (χ0v) is 12.9. The van der Waals surface area contributed by atoms with Gasteiger partial charge in [0.2, 0.25) is 5.28 Å². The van der Waals surface area contributed by atoms with Crippen LogP contribution in [0, 0.1) is 6.92 Å². The minimum Gasteiger partial charge on any atom is -0.354 e. The van der Waals surface area contributed by atoms with Gasteiger partial charge in [-0.1, -0.05) is 30.3 Å². The van der Waals surface area contributed by atoms with Crippen LogP contribution in [0.2, 0.25) is 5.28 Å². The minimum atomic E-state index is 0.330. The summed E-state index contributed by atoms with van der Waals surface area (Å²) in [7, 11) is 0. The summed E-state index contributed by atoms with van der Waals surface area (Å²) in [5.41, 5.74) is 2.28. The highest BCUT2D eigenvalue weighted by molar-refractivity contribution is 6.28. The maximum atomic E-state index is 5.95. The van der Waals surface area contributed by atoms with Crippen molar-refractivity contribution in [2.24, 2.45) is 0 Å². The van der Waals surface area contributed by atoms with Gasteiger partial charge in [-0.2, -0.15) is 0 Å². The SMILES string of the molecule is Cc1cc(N2CCN(Cc3ccccc3)CC2)nc(Cl)n1. The normalized spacial score (nSPS) is 16.2. The van der Waals surface area contributed by atoms with Gasteiger partial charge < -0.3 is 4.90 Å². The number of rotatable bonds is 3. The molecule has 5 heteroatoms. The van der Waals surface area contributed by atoms with Crippen molar-refractivity contribution in [3.8, 4) is 0 Å². The van der Waals surface area contributed by atoms with Crippen LogP contribution in [0.4, 0.5) is 5.82 Å². The molecule has 0 radical (unpaired) electrons. The average Bonchev–Trinajstić information content (AvgIpc) is 2.48. The zero-order valence-electron chi connectivity index (χ0n) is 12.2. The number of aryl methyl sites for hydroxylation is 1. The van der Waals surface area contributed by atoms with Crippen LogP contribution in [0.3, 0.4) is 0 Å². The van der Waals surface area contributed by atoms with Gasteiger partial charge in [-0.15, -0.1) is 0 Å². The lowest BCUT2D eigenvalue weighted by molar-refractivity contribution is 0.249. The lowest BCUT2D eigenvalue weighted by Crippen LogP contribution is -2.46. The first-order chi connectivity index (χ1) is 10.2. The second-order valence-corrected chi connectivity index (χ2v) is 5.72. The summed E-state index contributed by atoms with van der Waals surface area (Å²) in [5.74, 6) is 0.937. The molecular formula is C16H19ClN4. The fourth-order valence-electron chi connectivity index (χ4n) is 2.66. The lowest BCUT2D eigenvalue weighted by atomic mass is 10.2. The van der Waals surface area contributed by atoms with Crippen LogP contribution < -0.4 is 4.90 Å². The molecule has 1 saturated heterocycles. The lowest BCUT2D eigenvalue weighted by Gasteiger charge is -2.35. The first-order valence-corrected chi connectivity index (χ1v) is 7.61. The van der Waals surface area contributed by atoms with E-state index in [0.29, 0.717) is 5.28 Å². The topological polar surface area (TPSA) is 32.3 Å². The average molecular weight is 303 g/mol. The third-order valence-electron chi connectivity index (χ3n) is 3.76. The van der Waals surface area contributed by atoms with E-state index in [9.17, 15) is 0 Å². The van der Waals surface area contributed by atoms with Crippen LogP contribution in [-0.2, 0) is 6.54 Å². The fourth-order valence-corrected chi connectivity index (χ4v) is 2.88.